The van der Waals surface area contributed by atoms with E-state index in [9.17, 15) is 13.2 Å². The van der Waals surface area contributed by atoms with Crippen molar-refractivity contribution >= 4 is 21.5 Å². The number of carbonyl (C=O) groups is 1. The molecule has 3 rings (SSSR count). The van der Waals surface area contributed by atoms with Crippen LogP contribution in [0.1, 0.15) is 17.0 Å². The lowest BCUT2D eigenvalue weighted by Crippen LogP contribution is -2.18. The summed E-state index contributed by atoms with van der Waals surface area (Å²) in [6.45, 7) is 0. The summed E-state index contributed by atoms with van der Waals surface area (Å²) in [4.78, 5) is 12.2. The Morgan fingerprint density at radius 3 is 2.18 bits per heavy atom. The number of sulfonamides is 1. The molecule has 2 aromatic rings. The highest BCUT2D eigenvalue weighted by atomic mass is 32.2. The van der Waals surface area contributed by atoms with E-state index in [1.807, 2.05) is 30.3 Å². The first-order valence-electron chi connectivity index (χ1n) is 6.65. The molecular weight excluding hydrogens is 300 g/mol. The zero-order chi connectivity index (χ0) is 15.7. The molecule has 112 valence electrons. The molecule has 0 spiro atoms. The van der Waals surface area contributed by atoms with E-state index in [-0.39, 0.29) is 10.8 Å². The second-order valence-corrected chi connectivity index (χ2v) is 6.58. The third kappa shape index (κ3) is 2.66. The lowest BCUT2D eigenvalue weighted by Gasteiger charge is -2.13. The van der Waals surface area contributed by atoms with Crippen molar-refractivity contribution in [2.75, 3.05) is 0 Å². The van der Waals surface area contributed by atoms with Crippen LogP contribution in [-0.4, -0.2) is 14.3 Å². The van der Waals surface area contributed by atoms with E-state index in [4.69, 9.17) is 5.14 Å². The van der Waals surface area contributed by atoms with Crippen molar-refractivity contribution in [1.29, 1.82) is 0 Å². The molecule has 0 aromatic heterocycles. The van der Waals surface area contributed by atoms with Crippen LogP contribution in [0.2, 0.25) is 0 Å². The SMILES string of the molecule is NS(=O)(=O)c1ccc(C2=CNC(=O)C2c2ccccc2)cc1. The molecule has 0 saturated heterocycles. The van der Waals surface area contributed by atoms with Crippen molar-refractivity contribution in [3.8, 4) is 0 Å². The third-order valence-corrected chi connectivity index (χ3v) is 4.52. The van der Waals surface area contributed by atoms with Gasteiger partial charge in [-0.25, -0.2) is 13.6 Å². The molecule has 1 aliphatic rings. The Labute approximate surface area is 128 Å². The van der Waals surface area contributed by atoms with Crippen LogP contribution in [0, 0.1) is 0 Å². The summed E-state index contributed by atoms with van der Waals surface area (Å²) >= 11 is 0. The summed E-state index contributed by atoms with van der Waals surface area (Å²) in [5.41, 5.74) is 2.47. The van der Waals surface area contributed by atoms with Gasteiger partial charge in [-0.1, -0.05) is 42.5 Å². The molecule has 6 heteroatoms. The Morgan fingerprint density at radius 2 is 1.59 bits per heavy atom. The molecule has 0 radical (unpaired) electrons. The van der Waals surface area contributed by atoms with Crippen molar-refractivity contribution in [2.24, 2.45) is 5.14 Å². The van der Waals surface area contributed by atoms with Gasteiger partial charge in [0.05, 0.1) is 10.8 Å². The highest BCUT2D eigenvalue weighted by molar-refractivity contribution is 7.89. The van der Waals surface area contributed by atoms with E-state index in [1.165, 1.54) is 12.1 Å². The standard InChI is InChI=1S/C16H14N2O3S/c17-22(20,21)13-8-6-11(7-9-13)14-10-18-16(19)15(14)12-4-2-1-3-5-12/h1-10,15H,(H,18,19)(H2,17,20,21). The van der Waals surface area contributed by atoms with Crippen LogP contribution in [0.15, 0.2) is 65.7 Å². The van der Waals surface area contributed by atoms with Gasteiger partial charge in [-0.15, -0.1) is 0 Å². The van der Waals surface area contributed by atoms with Crippen LogP contribution in [0.3, 0.4) is 0 Å². The van der Waals surface area contributed by atoms with Crippen molar-refractivity contribution in [3.63, 3.8) is 0 Å². The Bertz CT molecular complexity index is 841. The van der Waals surface area contributed by atoms with Gasteiger partial charge in [0.25, 0.3) is 0 Å². The molecule has 0 aliphatic carbocycles. The molecule has 3 N–H and O–H groups in total. The fourth-order valence-corrected chi connectivity index (χ4v) is 3.04. The van der Waals surface area contributed by atoms with Gasteiger partial charge < -0.3 is 5.32 Å². The van der Waals surface area contributed by atoms with Crippen LogP contribution < -0.4 is 10.5 Å². The zero-order valence-corrected chi connectivity index (χ0v) is 12.4. The molecule has 0 bridgehead atoms. The second-order valence-electron chi connectivity index (χ2n) is 5.02. The fraction of sp³-hybridized carbons (Fsp3) is 0.0625. The maximum absolute atomic E-state index is 12.1. The Hall–Kier alpha value is -2.44. The van der Waals surface area contributed by atoms with Crippen LogP contribution in [-0.2, 0) is 14.8 Å². The van der Waals surface area contributed by atoms with E-state index in [0.29, 0.717) is 0 Å². The third-order valence-electron chi connectivity index (χ3n) is 3.59. The van der Waals surface area contributed by atoms with Crippen molar-refractivity contribution in [2.45, 2.75) is 10.8 Å². The number of rotatable bonds is 3. The first-order chi connectivity index (χ1) is 10.5. The molecular formula is C16H14N2O3S. The normalized spacial score (nSPS) is 18.0. The Kier molecular flexibility index (Phi) is 3.56. The summed E-state index contributed by atoms with van der Waals surface area (Å²) < 4.78 is 22.6. The monoisotopic (exact) mass is 314 g/mol. The zero-order valence-electron chi connectivity index (χ0n) is 11.6. The van der Waals surface area contributed by atoms with E-state index >= 15 is 0 Å². The first kappa shape index (κ1) is 14.5. The maximum atomic E-state index is 12.1. The number of amides is 1. The number of benzene rings is 2. The van der Waals surface area contributed by atoms with Gasteiger partial charge in [0.15, 0.2) is 0 Å². The second kappa shape index (κ2) is 5.40. The maximum Gasteiger partial charge on any atom is 0.238 e. The fourth-order valence-electron chi connectivity index (χ4n) is 2.52. The highest BCUT2D eigenvalue weighted by Crippen LogP contribution is 2.35. The molecule has 1 unspecified atom stereocenters. The predicted octanol–water partition coefficient (Wildman–Crippen LogP) is 1.59. The minimum atomic E-state index is -3.72. The van der Waals surface area contributed by atoms with Crippen LogP contribution in [0.4, 0.5) is 0 Å². The van der Waals surface area contributed by atoms with Gasteiger partial charge in [-0.2, -0.15) is 0 Å². The molecule has 1 heterocycles. The van der Waals surface area contributed by atoms with Gasteiger partial charge in [-0.3, -0.25) is 4.79 Å². The van der Waals surface area contributed by atoms with Crippen molar-refractivity contribution in [3.05, 3.63) is 71.9 Å². The van der Waals surface area contributed by atoms with Crippen molar-refractivity contribution in [1.82, 2.24) is 5.32 Å². The quantitative estimate of drug-likeness (QED) is 0.901. The van der Waals surface area contributed by atoms with Gasteiger partial charge in [0.1, 0.15) is 0 Å². The Balaban J connectivity index is 1.99. The Morgan fingerprint density at radius 1 is 0.955 bits per heavy atom. The van der Waals surface area contributed by atoms with Gasteiger partial charge in [-0.05, 0) is 28.8 Å². The first-order valence-corrected chi connectivity index (χ1v) is 8.20. The van der Waals surface area contributed by atoms with E-state index in [0.717, 1.165) is 16.7 Å². The number of carbonyl (C=O) groups excluding carboxylic acids is 1. The van der Waals surface area contributed by atoms with Crippen molar-refractivity contribution < 1.29 is 13.2 Å². The molecule has 2 aromatic carbocycles. The summed E-state index contributed by atoms with van der Waals surface area (Å²) in [6, 6.07) is 15.6. The number of nitrogens with two attached hydrogens (primary N) is 1. The predicted molar refractivity (Wildman–Crippen MR) is 83.1 cm³/mol. The number of primary sulfonamides is 1. The average molecular weight is 314 g/mol. The molecule has 0 saturated carbocycles. The minimum Gasteiger partial charge on any atom is -0.332 e. The van der Waals surface area contributed by atoms with Crippen LogP contribution in [0.25, 0.3) is 5.57 Å². The number of nitrogens with one attached hydrogen (secondary N) is 1. The van der Waals surface area contributed by atoms with Gasteiger partial charge >= 0.3 is 0 Å². The summed E-state index contributed by atoms with van der Waals surface area (Å²) in [5, 5.41) is 7.81. The molecule has 1 aliphatic heterocycles. The lowest BCUT2D eigenvalue weighted by atomic mass is 9.89. The van der Waals surface area contributed by atoms with E-state index in [1.54, 1.807) is 18.3 Å². The van der Waals surface area contributed by atoms with Crippen LogP contribution >= 0.6 is 0 Å². The van der Waals surface area contributed by atoms with E-state index < -0.39 is 15.9 Å². The highest BCUT2D eigenvalue weighted by Gasteiger charge is 2.30. The minimum absolute atomic E-state index is 0.0467. The largest absolute Gasteiger partial charge is 0.332 e. The molecule has 5 nitrogen and oxygen atoms in total. The summed E-state index contributed by atoms with van der Waals surface area (Å²) in [6.07, 6.45) is 1.66. The lowest BCUT2D eigenvalue weighted by molar-refractivity contribution is -0.119. The molecule has 1 amide bonds. The summed E-state index contributed by atoms with van der Waals surface area (Å²) in [7, 11) is -3.72. The topological polar surface area (TPSA) is 89.3 Å². The van der Waals surface area contributed by atoms with Gasteiger partial charge in [0.2, 0.25) is 15.9 Å². The smallest absolute Gasteiger partial charge is 0.238 e. The molecule has 1 atom stereocenters. The molecule has 22 heavy (non-hydrogen) atoms. The molecule has 0 fully saturated rings. The average Bonchev–Trinajstić information content (AvgIpc) is 2.89. The number of hydrogen-bond donors (Lipinski definition) is 2. The summed E-state index contributed by atoms with van der Waals surface area (Å²) in [5.74, 6) is -0.502. The van der Waals surface area contributed by atoms with Crippen LogP contribution in [0.5, 0.6) is 0 Å². The van der Waals surface area contributed by atoms with Gasteiger partial charge in [0, 0.05) is 6.20 Å². The van der Waals surface area contributed by atoms with E-state index in [2.05, 4.69) is 5.32 Å². The number of hydrogen-bond acceptors (Lipinski definition) is 3.